The van der Waals surface area contributed by atoms with Crippen LogP contribution in [0.15, 0.2) is 82.8 Å². The summed E-state index contributed by atoms with van der Waals surface area (Å²) in [5.74, 6) is 0. The van der Waals surface area contributed by atoms with Gasteiger partial charge in [-0.3, -0.25) is 9.38 Å². The van der Waals surface area contributed by atoms with Crippen molar-refractivity contribution in [1.82, 2.24) is 10.6 Å². The fraction of sp³-hybridized carbons (Fsp3) is 0.548. The molecule has 0 saturated heterocycles. The van der Waals surface area contributed by atoms with Crippen molar-refractivity contribution in [2.24, 2.45) is 10.4 Å². The first-order valence-electron chi connectivity index (χ1n) is 12.6. The van der Waals surface area contributed by atoms with E-state index in [1.807, 2.05) is 33.9 Å². The topological polar surface area (TPSA) is 36.4 Å². The maximum Gasteiger partial charge on any atom is 0.0785 e. The Labute approximate surface area is 217 Å². The van der Waals surface area contributed by atoms with E-state index in [1.165, 1.54) is 11.1 Å². The number of nitrogens with zero attached hydrogens (tertiary/aromatic N) is 1. The second-order valence-corrected chi connectivity index (χ2v) is 8.42. The molecule has 0 aliphatic heterocycles. The van der Waals surface area contributed by atoms with Gasteiger partial charge in [0, 0.05) is 35.7 Å². The van der Waals surface area contributed by atoms with Gasteiger partial charge in [0.05, 0.1) is 19.4 Å². The van der Waals surface area contributed by atoms with Crippen molar-refractivity contribution >= 4 is 5.71 Å². The molecule has 0 radical (unpaired) electrons. The third kappa shape index (κ3) is 14.5. The number of hydrogen-bond donors (Lipinski definition) is 2. The molecular formula is C31H54FN3. The van der Waals surface area contributed by atoms with Gasteiger partial charge >= 0.3 is 0 Å². The van der Waals surface area contributed by atoms with E-state index in [-0.39, 0.29) is 5.41 Å². The number of halogens is 1. The minimum absolute atomic E-state index is 0.0569. The number of rotatable bonds is 14. The molecule has 4 heteroatoms. The molecule has 0 spiro atoms. The van der Waals surface area contributed by atoms with Crippen LogP contribution in [0.25, 0.3) is 0 Å². The maximum atomic E-state index is 9.50. The molecule has 0 saturated carbocycles. The number of aliphatic imine (C=N–C) groups is 1. The van der Waals surface area contributed by atoms with E-state index in [0.29, 0.717) is 32.7 Å². The smallest absolute Gasteiger partial charge is 0.0785 e. The number of hydrogen-bond acceptors (Lipinski definition) is 3. The average molecular weight is 488 g/mol. The zero-order valence-corrected chi connectivity index (χ0v) is 24.7. The van der Waals surface area contributed by atoms with Crippen molar-refractivity contribution in [2.45, 2.75) is 81.2 Å². The summed E-state index contributed by atoms with van der Waals surface area (Å²) in [6, 6.07) is 0.356. The van der Waals surface area contributed by atoms with Gasteiger partial charge in [0.25, 0.3) is 0 Å². The number of allylic oxidation sites excluding steroid dienone is 4. The highest BCUT2D eigenvalue weighted by atomic mass is 19.1. The Balaban J connectivity index is -0.00000242. The van der Waals surface area contributed by atoms with Crippen molar-refractivity contribution in [3.05, 3.63) is 77.8 Å². The Hall–Kier alpha value is -2.42. The zero-order valence-electron chi connectivity index (χ0n) is 24.7. The lowest BCUT2D eigenvalue weighted by molar-refractivity contribution is 0.295. The van der Waals surface area contributed by atoms with E-state index < -0.39 is 0 Å². The Kier molecular flexibility index (Phi) is 23.4. The van der Waals surface area contributed by atoms with Crippen LogP contribution in [0.5, 0.6) is 0 Å². The highest BCUT2D eigenvalue weighted by Gasteiger charge is 2.30. The molecule has 0 aromatic carbocycles. The van der Waals surface area contributed by atoms with Gasteiger partial charge in [0.2, 0.25) is 0 Å². The Morgan fingerprint density at radius 1 is 1.11 bits per heavy atom. The zero-order chi connectivity index (χ0) is 28.0. The lowest BCUT2D eigenvalue weighted by Crippen LogP contribution is -2.41. The normalized spacial score (nSPS) is 12.6. The van der Waals surface area contributed by atoms with Gasteiger partial charge in [0.1, 0.15) is 0 Å². The molecule has 0 aliphatic rings. The molecule has 0 rings (SSSR count). The molecule has 0 aromatic heterocycles. The van der Waals surface area contributed by atoms with Gasteiger partial charge in [0.15, 0.2) is 0 Å². The van der Waals surface area contributed by atoms with Gasteiger partial charge < -0.3 is 10.6 Å². The minimum Gasteiger partial charge on any atom is -0.379 e. The summed E-state index contributed by atoms with van der Waals surface area (Å²) >= 11 is 0. The number of alkyl halides is 1. The predicted molar refractivity (Wildman–Crippen MR) is 159 cm³/mol. The predicted octanol–water partition coefficient (Wildman–Crippen LogP) is 8.31. The van der Waals surface area contributed by atoms with E-state index in [1.54, 1.807) is 6.08 Å². The summed E-state index contributed by atoms with van der Waals surface area (Å²) in [6.45, 7) is 32.6. The van der Waals surface area contributed by atoms with E-state index in [0.717, 1.165) is 29.0 Å². The van der Waals surface area contributed by atoms with Crippen molar-refractivity contribution in [1.29, 1.82) is 0 Å². The van der Waals surface area contributed by atoms with Gasteiger partial charge in [-0.25, -0.2) is 0 Å². The first kappa shape index (κ1) is 37.1. The fourth-order valence-electron chi connectivity index (χ4n) is 3.42. The third-order valence-electron chi connectivity index (χ3n) is 5.95. The molecule has 200 valence electrons. The van der Waals surface area contributed by atoms with Gasteiger partial charge in [-0.1, -0.05) is 71.1 Å². The van der Waals surface area contributed by atoms with Crippen LogP contribution in [0.3, 0.4) is 0 Å². The molecule has 0 aliphatic carbocycles. The van der Waals surface area contributed by atoms with Crippen LogP contribution < -0.4 is 10.6 Å². The lowest BCUT2D eigenvalue weighted by atomic mass is 9.75. The molecular weight excluding hydrogens is 433 g/mol. The van der Waals surface area contributed by atoms with Crippen molar-refractivity contribution < 1.29 is 4.39 Å². The quantitative estimate of drug-likeness (QED) is 0.112. The van der Waals surface area contributed by atoms with Crippen LogP contribution in [0.2, 0.25) is 0 Å². The van der Waals surface area contributed by atoms with E-state index in [9.17, 15) is 4.39 Å². The molecule has 1 unspecified atom stereocenters. The molecule has 1 atom stereocenters. The minimum atomic E-state index is -0.0569. The standard InChI is InChI=1S/C28H45N3.C2H6.CH3F/c1-12-16-25(18-22(6)21(5)14-3)20-31-24(8)26(30-17-13-2)19-23(7)28(9,10)27(15-4)29-11;2*1-2/h12-14,18,27,29,31H,2,7-8,15,17,19-20H2,1,3-6,9-11H3;1-2H3;1H3/b21-14+,22-18-,30-26?;;. The van der Waals surface area contributed by atoms with Crippen LogP contribution in [0.1, 0.15) is 75.2 Å². The van der Waals surface area contributed by atoms with Crippen LogP contribution in [-0.2, 0) is 0 Å². The van der Waals surface area contributed by atoms with Crippen LogP contribution >= 0.6 is 0 Å². The van der Waals surface area contributed by atoms with Crippen LogP contribution in [0, 0.1) is 5.41 Å². The first-order valence-corrected chi connectivity index (χ1v) is 12.6. The Morgan fingerprint density at radius 3 is 2.11 bits per heavy atom. The monoisotopic (exact) mass is 487 g/mol. The molecule has 0 bridgehead atoms. The summed E-state index contributed by atoms with van der Waals surface area (Å²) in [5.41, 5.74) is 9.72. The summed E-state index contributed by atoms with van der Waals surface area (Å²) in [4.78, 5) is 4.73. The summed E-state index contributed by atoms with van der Waals surface area (Å²) in [6.07, 6.45) is 9.75. The van der Waals surface area contributed by atoms with E-state index in [2.05, 4.69) is 89.8 Å². The fourth-order valence-corrected chi connectivity index (χ4v) is 3.42. The summed E-state index contributed by atoms with van der Waals surface area (Å²) in [7, 11) is 2.51. The molecule has 0 amide bonds. The summed E-state index contributed by atoms with van der Waals surface area (Å²) in [5, 5.41) is 6.88. The van der Waals surface area contributed by atoms with E-state index in [4.69, 9.17) is 4.99 Å². The SMILES string of the molecule is C=CCN=C(CC(=C)C(C)(C)C(CC)NC)C(=C)NCC(=C=CC)/C=C(C)\C(C)=C\C.CC.CF. The molecule has 0 heterocycles. The summed E-state index contributed by atoms with van der Waals surface area (Å²) < 4.78 is 9.50. The molecule has 3 nitrogen and oxygen atoms in total. The van der Waals surface area contributed by atoms with Gasteiger partial charge in [-0.15, -0.1) is 12.3 Å². The van der Waals surface area contributed by atoms with Crippen LogP contribution in [-0.4, -0.2) is 39.1 Å². The van der Waals surface area contributed by atoms with Crippen molar-refractivity contribution in [3.8, 4) is 0 Å². The Bertz CT molecular complexity index is 784. The number of nitrogens with one attached hydrogen (secondary N) is 2. The second kappa shape index (κ2) is 22.1. The lowest BCUT2D eigenvalue weighted by Gasteiger charge is -2.36. The van der Waals surface area contributed by atoms with Gasteiger partial charge in [-0.05, 0) is 58.9 Å². The highest BCUT2D eigenvalue weighted by Crippen LogP contribution is 2.33. The van der Waals surface area contributed by atoms with Crippen molar-refractivity contribution in [3.63, 3.8) is 0 Å². The highest BCUT2D eigenvalue weighted by molar-refractivity contribution is 6.00. The Morgan fingerprint density at radius 2 is 1.69 bits per heavy atom. The second-order valence-electron chi connectivity index (χ2n) is 8.42. The largest absolute Gasteiger partial charge is 0.379 e. The molecule has 0 fully saturated rings. The van der Waals surface area contributed by atoms with Crippen LogP contribution in [0.4, 0.5) is 4.39 Å². The van der Waals surface area contributed by atoms with Gasteiger partial charge in [-0.2, -0.15) is 0 Å². The molecule has 35 heavy (non-hydrogen) atoms. The van der Waals surface area contributed by atoms with E-state index >= 15 is 0 Å². The first-order chi connectivity index (χ1) is 16.6. The third-order valence-corrected chi connectivity index (χ3v) is 5.95. The average Bonchev–Trinajstić information content (AvgIpc) is 2.87. The maximum absolute atomic E-state index is 9.50. The molecule has 0 aromatic rings. The molecule has 2 N–H and O–H groups in total. The van der Waals surface area contributed by atoms with Crippen molar-refractivity contribution in [2.75, 3.05) is 27.3 Å².